The molecule has 0 aliphatic heterocycles. The zero-order valence-electron chi connectivity index (χ0n) is 12.6. The maximum atomic E-state index is 12.9. The van der Waals surface area contributed by atoms with Gasteiger partial charge in [0.25, 0.3) is 5.91 Å². The first-order valence-corrected chi connectivity index (χ1v) is 7.89. The minimum absolute atomic E-state index is 0.135. The highest BCUT2D eigenvalue weighted by Gasteiger charge is 2.12. The molecular formula is C17H11Cl2FN4O. The molecule has 0 radical (unpaired) electrons. The van der Waals surface area contributed by atoms with Crippen molar-refractivity contribution < 1.29 is 9.18 Å². The number of benzene rings is 2. The van der Waals surface area contributed by atoms with Crippen molar-refractivity contribution in [2.45, 2.75) is 0 Å². The lowest BCUT2D eigenvalue weighted by atomic mass is 10.3. The van der Waals surface area contributed by atoms with Gasteiger partial charge in [0.1, 0.15) is 11.5 Å². The van der Waals surface area contributed by atoms with E-state index in [1.165, 1.54) is 36.5 Å². The molecular weight excluding hydrogens is 366 g/mol. The third kappa shape index (κ3) is 4.23. The molecule has 1 amide bonds. The summed E-state index contributed by atoms with van der Waals surface area (Å²) >= 11 is 12.0. The lowest BCUT2D eigenvalue weighted by Gasteiger charge is -2.09. The van der Waals surface area contributed by atoms with Crippen molar-refractivity contribution in [3.05, 3.63) is 76.3 Å². The van der Waals surface area contributed by atoms with Gasteiger partial charge in [-0.25, -0.2) is 14.4 Å². The number of hydrogen-bond acceptors (Lipinski definition) is 4. The number of anilines is 3. The van der Waals surface area contributed by atoms with E-state index in [4.69, 9.17) is 23.2 Å². The van der Waals surface area contributed by atoms with Crippen LogP contribution in [0.5, 0.6) is 0 Å². The van der Waals surface area contributed by atoms with Gasteiger partial charge in [0.05, 0.1) is 15.7 Å². The maximum absolute atomic E-state index is 12.9. The van der Waals surface area contributed by atoms with Crippen molar-refractivity contribution in [1.82, 2.24) is 9.97 Å². The molecule has 0 atom stereocenters. The standard InChI is InChI=1S/C17H11Cl2FN4O/c18-12-2-1-3-13(15(12)19)23-16(25)14-8-9-21-17(24-14)22-11-6-4-10(20)5-7-11/h1-9H,(H,23,25)(H,21,22,24). The van der Waals surface area contributed by atoms with Gasteiger partial charge in [0.2, 0.25) is 5.95 Å². The predicted molar refractivity (Wildman–Crippen MR) is 96.1 cm³/mol. The Labute approximate surface area is 152 Å². The molecule has 2 aromatic carbocycles. The molecule has 0 aliphatic carbocycles. The summed E-state index contributed by atoms with van der Waals surface area (Å²) in [6.45, 7) is 0. The van der Waals surface area contributed by atoms with Gasteiger partial charge in [-0.1, -0.05) is 29.3 Å². The van der Waals surface area contributed by atoms with Crippen LogP contribution in [-0.4, -0.2) is 15.9 Å². The molecule has 0 saturated heterocycles. The lowest BCUT2D eigenvalue weighted by Crippen LogP contribution is -2.15. The van der Waals surface area contributed by atoms with Crippen LogP contribution in [0.2, 0.25) is 10.0 Å². The Morgan fingerprint density at radius 1 is 1.04 bits per heavy atom. The zero-order valence-corrected chi connectivity index (χ0v) is 14.1. The van der Waals surface area contributed by atoms with Crippen molar-refractivity contribution in [1.29, 1.82) is 0 Å². The second-order valence-corrected chi connectivity index (χ2v) is 5.74. The van der Waals surface area contributed by atoms with Crippen LogP contribution in [0, 0.1) is 5.82 Å². The fraction of sp³-hybridized carbons (Fsp3) is 0. The van der Waals surface area contributed by atoms with E-state index in [0.29, 0.717) is 16.4 Å². The van der Waals surface area contributed by atoms with Gasteiger partial charge in [-0.3, -0.25) is 4.79 Å². The van der Waals surface area contributed by atoms with Gasteiger partial charge in [0.15, 0.2) is 0 Å². The number of nitrogens with zero attached hydrogens (tertiary/aromatic N) is 2. The Hall–Kier alpha value is -2.70. The number of nitrogens with one attached hydrogen (secondary N) is 2. The van der Waals surface area contributed by atoms with Gasteiger partial charge in [-0.2, -0.15) is 0 Å². The zero-order chi connectivity index (χ0) is 17.8. The summed E-state index contributed by atoms with van der Waals surface area (Å²) in [4.78, 5) is 20.5. The van der Waals surface area contributed by atoms with E-state index in [-0.39, 0.29) is 22.5 Å². The summed E-state index contributed by atoms with van der Waals surface area (Å²) < 4.78 is 12.9. The number of hydrogen-bond donors (Lipinski definition) is 2. The van der Waals surface area contributed by atoms with E-state index < -0.39 is 5.91 Å². The smallest absolute Gasteiger partial charge is 0.274 e. The number of amides is 1. The first kappa shape index (κ1) is 17.1. The van der Waals surface area contributed by atoms with E-state index in [0.717, 1.165) is 0 Å². The quantitative estimate of drug-likeness (QED) is 0.678. The minimum atomic E-state index is -0.464. The molecule has 25 heavy (non-hydrogen) atoms. The third-order valence-electron chi connectivity index (χ3n) is 3.19. The Kier molecular flexibility index (Phi) is 5.11. The van der Waals surface area contributed by atoms with Crippen LogP contribution in [0.25, 0.3) is 0 Å². The highest BCUT2D eigenvalue weighted by atomic mass is 35.5. The summed E-state index contributed by atoms with van der Waals surface area (Å²) in [6, 6.07) is 12.1. The van der Waals surface area contributed by atoms with Crippen LogP contribution in [0.4, 0.5) is 21.7 Å². The lowest BCUT2D eigenvalue weighted by molar-refractivity contribution is 0.102. The number of carbonyl (C=O) groups excluding carboxylic acids is 1. The first-order valence-electron chi connectivity index (χ1n) is 7.14. The number of rotatable bonds is 4. The van der Waals surface area contributed by atoms with Crippen molar-refractivity contribution in [3.63, 3.8) is 0 Å². The van der Waals surface area contributed by atoms with Gasteiger partial charge in [-0.15, -0.1) is 0 Å². The Morgan fingerprint density at radius 2 is 1.80 bits per heavy atom. The largest absolute Gasteiger partial charge is 0.324 e. The fourth-order valence-corrected chi connectivity index (χ4v) is 2.34. The molecule has 126 valence electrons. The molecule has 0 unspecified atom stereocenters. The average molecular weight is 377 g/mol. The maximum Gasteiger partial charge on any atom is 0.274 e. The monoisotopic (exact) mass is 376 g/mol. The van der Waals surface area contributed by atoms with E-state index >= 15 is 0 Å². The summed E-state index contributed by atoms with van der Waals surface area (Å²) in [5, 5.41) is 6.12. The fourth-order valence-electron chi connectivity index (χ4n) is 1.99. The molecule has 0 fully saturated rings. The van der Waals surface area contributed by atoms with Crippen LogP contribution >= 0.6 is 23.2 Å². The molecule has 0 bridgehead atoms. The van der Waals surface area contributed by atoms with Crippen molar-refractivity contribution in [3.8, 4) is 0 Å². The highest BCUT2D eigenvalue weighted by Crippen LogP contribution is 2.29. The first-order chi connectivity index (χ1) is 12.0. The van der Waals surface area contributed by atoms with Crippen molar-refractivity contribution >= 4 is 46.4 Å². The van der Waals surface area contributed by atoms with E-state index in [1.807, 2.05) is 0 Å². The van der Waals surface area contributed by atoms with Crippen LogP contribution < -0.4 is 10.6 Å². The molecule has 0 spiro atoms. The molecule has 2 N–H and O–H groups in total. The van der Waals surface area contributed by atoms with Crippen molar-refractivity contribution in [2.75, 3.05) is 10.6 Å². The highest BCUT2D eigenvalue weighted by molar-refractivity contribution is 6.44. The van der Waals surface area contributed by atoms with E-state index in [9.17, 15) is 9.18 Å². The predicted octanol–water partition coefficient (Wildman–Crippen LogP) is 4.92. The topological polar surface area (TPSA) is 66.9 Å². The molecule has 0 saturated carbocycles. The normalized spacial score (nSPS) is 10.4. The summed E-state index contributed by atoms with van der Waals surface area (Å²) in [7, 11) is 0. The second-order valence-electron chi connectivity index (χ2n) is 4.95. The SMILES string of the molecule is O=C(Nc1cccc(Cl)c1Cl)c1ccnc(Nc2ccc(F)cc2)n1. The molecule has 3 aromatic rings. The van der Waals surface area contributed by atoms with Crippen molar-refractivity contribution in [2.24, 2.45) is 0 Å². The average Bonchev–Trinajstić information content (AvgIpc) is 2.61. The number of halogens is 3. The molecule has 1 heterocycles. The summed E-state index contributed by atoms with van der Waals surface area (Å²) in [6.07, 6.45) is 1.44. The molecule has 1 aromatic heterocycles. The second kappa shape index (κ2) is 7.46. The van der Waals surface area contributed by atoms with Crippen LogP contribution in [0.15, 0.2) is 54.7 Å². The Morgan fingerprint density at radius 3 is 2.56 bits per heavy atom. The van der Waals surface area contributed by atoms with Crippen LogP contribution in [0.3, 0.4) is 0 Å². The number of carbonyl (C=O) groups is 1. The minimum Gasteiger partial charge on any atom is -0.324 e. The number of aromatic nitrogens is 2. The molecule has 8 heteroatoms. The van der Waals surface area contributed by atoms with Gasteiger partial charge < -0.3 is 10.6 Å². The van der Waals surface area contributed by atoms with Gasteiger partial charge >= 0.3 is 0 Å². The Bertz CT molecular complexity index is 919. The third-order valence-corrected chi connectivity index (χ3v) is 4.01. The van der Waals surface area contributed by atoms with Gasteiger partial charge in [-0.05, 0) is 42.5 Å². The molecule has 3 rings (SSSR count). The Balaban J connectivity index is 1.77. The summed E-state index contributed by atoms with van der Waals surface area (Å²) in [5.74, 6) is -0.608. The van der Waals surface area contributed by atoms with Crippen LogP contribution in [0.1, 0.15) is 10.5 Å². The molecule has 0 aliphatic rings. The van der Waals surface area contributed by atoms with E-state index in [2.05, 4.69) is 20.6 Å². The summed E-state index contributed by atoms with van der Waals surface area (Å²) in [5.41, 5.74) is 1.11. The van der Waals surface area contributed by atoms with Crippen LogP contribution in [-0.2, 0) is 0 Å². The van der Waals surface area contributed by atoms with E-state index in [1.54, 1.807) is 18.2 Å². The molecule has 5 nitrogen and oxygen atoms in total. The van der Waals surface area contributed by atoms with Gasteiger partial charge in [0, 0.05) is 11.9 Å².